The third-order valence-electron chi connectivity index (χ3n) is 4.43. The van der Waals surface area contributed by atoms with E-state index in [9.17, 15) is 4.79 Å². The highest BCUT2D eigenvalue weighted by atomic mass is 16.5. The zero-order valence-electron chi connectivity index (χ0n) is 14.6. The van der Waals surface area contributed by atoms with Gasteiger partial charge in [-0.25, -0.2) is 4.79 Å². The molecule has 1 aliphatic heterocycles. The first-order valence-electron chi connectivity index (χ1n) is 8.77. The molecule has 2 aromatic rings. The third kappa shape index (κ3) is 4.89. The van der Waals surface area contributed by atoms with Crippen molar-refractivity contribution in [2.24, 2.45) is 0 Å². The summed E-state index contributed by atoms with van der Waals surface area (Å²) in [4.78, 5) is 14.4. The van der Waals surface area contributed by atoms with Gasteiger partial charge in [0.05, 0.1) is 7.11 Å². The molecule has 0 saturated carbocycles. The Morgan fingerprint density at radius 1 is 1.12 bits per heavy atom. The van der Waals surface area contributed by atoms with Crippen molar-refractivity contribution in [3.63, 3.8) is 0 Å². The Hall–Kier alpha value is -2.69. The topological polar surface area (TPSA) is 53.6 Å². The quantitative estimate of drug-likeness (QED) is 0.844. The van der Waals surface area contributed by atoms with Crippen LogP contribution in [0.5, 0.6) is 5.75 Å². The fourth-order valence-electron chi connectivity index (χ4n) is 3.05. The van der Waals surface area contributed by atoms with E-state index in [1.165, 1.54) is 18.5 Å². The first-order chi connectivity index (χ1) is 12.2. The number of hydrogen-bond acceptors (Lipinski definition) is 3. The molecule has 1 aliphatic rings. The van der Waals surface area contributed by atoms with Crippen LogP contribution in [-0.2, 0) is 6.42 Å². The number of amides is 2. The summed E-state index contributed by atoms with van der Waals surface area (Å²) in [5.74, 6) is 0.833. The zero-order valence-corrected chi connectivity index (χ0v) is 14.6. The summed E-state index contributed by atoms with van der Waals surface area (Å²) in [6.07, 6.45) is 3.28. The smallest absolute Gasteiger partial charge is 0.319 e. The lowest BCUT2D eigenvalue weighted by Gasteiger charge is -2.17. The standard InChI is InChI=1S/C20H25N3O2/c1-25-19-6-4-5-16(15-19)11-12-21-20(24)22-17-7-9-18(10-8-17)23-13-2-3-14-23/h4-10,15H,2-3,11-14H2,1H3,(H2,21,22,24). The number of nitrogens with zero attached hydrogens (tertiary/aromatic N) is 1. The van der Waals surface area contributed by atoms with E-state index in [0.29, 0.717) is 6.54 Å². The Morgan fingerprint density at radius 2 is 1.88 bits per heavy atom. The van der Waals surface area contributed by atoms with Crippen molar-refractivity contribution < 1.29 is 9.53 Å². The van der Waals surface area contributed by atoms with Crippen LogP contribution in [0, 0.1) is 0 Å². The van der Waals surface area contributed by atoms with Crippen molar-refractivity contribution in [2.45, 2.75) is 19.3 Å². The van der Waals surface area contributed by atoms with E-state index in [1.54, 1.807) is 7.11 Å². The number of methoxy groups -OCH3 is 1. The number of urea groups is 1. The lowest BCUT2D eigenvalue weighted by molar-refractivity contribution is 0.252. The summed E-state index contributed by atoms with van der Waals surface area (Å²) in [5.41, 5.74) is 3.16. The maximum absolute atomic E-state index is 12.0. The van der Waals surface area contributed by atoms with Crippen LogP contribution < -0.4 is 20.3 Å². The van der Waals surface area contributed by atoms with Gasteiger partial charge in [-0.3, -0.25) is 0 Å². The summed E-state index contributed by atoms with van der Waals surface area (Å²) in [7, 11) is 1.65. The number of anilines is 2. The van der Waals surface area contributed by atoms with E-state index in [-0.39, 0.29) is 6.03 Å². The van der Waals surface area contributed by atoms with Gasteiger partial charge < -0.3 is 20.3 Å². The molecule has 5 heteroatoms. The fraction of sp³-hybridized carbons (Fsp3) is 0.350. The van der Waals surface area contributed by atoms with Gasteiger partial charge >= 0.3 is 6.03 Å². The second-order valence-electron chi connectivity index (χ2n) is 6.22. The zero-order chi connectivity index (χ0) is 17.5. The molecule has 0 spiro atoms. The highest BCUT2D eigenvalue weighted by Gasteiger charge is 2.12. The molecule has 0 atom stereocenters. The number of rotatable bonds is 6. The summed E-state index contributed by atoms with van der Waals surface area (Å²) in [5, 5.41) is 5.76. The lowest BCUT2D eigenvalue weighted by Crippen LogP contribution is -2.30. The van der Waals surface area contributed by atoms with Gasteiger partial charge in [0.2, 0.25) is 0 Å². The summed E-state index contributed by atoms with van der Waals surface area (Å²) >= 11 is 0. The Kier molecular flexibility index (Phi) is 5.77. The van der Waals surface area contributed by atoms with Crippen LogP contribution in [0.4, 0.5) is 16.2 Å². The molecule has 2 amide bonds. The van der Waals surface area contributed by atoms with Gasteiger partial charge in [-0.1, -0.05) is 12.1 Å². The van der Waals surface area contributed by atoms with E-state index < -0.39 is 0 Å². The minimum Gasteiger partial charge on any atom is -0.497 e. The Labute approximate surface area is 149 Å². The van der Waals surface area contributed by atoms with Crippen molar-refractivity contribution in [1.29, 1.82) is 0 Å². The van der Waals surface area contributed by atoms with Gasteiger partial charge in [-0.05, 0) is 61.2 Å². The Balaban J connectivity index is 1.44. The van der Waals surface area contributed by atoms with Gasteiger partial charge in [0.15, 0.2) is 0 Å². The largest absolute Gasteiger partial charge is 0.497 e. The van der Waals surface area contributed by atoms with E-state index in [1.807, 2.05) is 36.4 Å². The molecule has 0 bridgehead atoms. The van der Waals surface area contributed by atoms with Gasteiger partial charge in [0, 0.05) is 31.0 Å². The SMILES string of the molecule is COc1cccc(CCNC(=O)Nc2ccc(N3CCCC3)cc2)c1. The van der Waals surface area contributed by atoms with E-state index in [4.69, 9.17) is 4.74 Å². The summed E-state index contributed by atoms with van der Waals surface area (Å²) in [6.45, 7) is 2.82. The van der Waals surface area contributed by atoms with Crippen LogP contribution in [0.15, 0.2) is 48.5 Å². The molecule has 0 radical (unpaired) electrons. The van der Waals surface area contributed by atoms with Crippen molar-refractivity contribution in [1.82, 2.24) is 5.32 Å². The number of benzene rings is 2. The molecule has 1 heterocycles. The van der Waals surface area contributed by atoms with Gasteiger partial charge in [0.25, 0.3) is 0 Å². The highest BCUT2D eigenvalue weighted by molar-refractivity contribution is 5.89. The molecule has 2 aromatic carbocycles. The van der Waals surface area contributed by atoms with E-state index >= 15 is 0 Å². The van der Waals surface area contributed by atoms with E-state index in [2.05, 4.69) is 27.7 Å². The fourth-order valence-corrected chi connectivity index (χ4v) is 3.05. The first-order valence-corrected chi connectivity index (χ1v) is 8.77. The molecule has 132 valence electrons. The predicted octanol–water partition coefficient (Wildman–Crippen LogP) is 3.66. The second-order valence-corrected chi connectivity index (χ2v) is 6.22. The van der Waals surface area contributed by atoms with Crippen molar-refractivity contribution in [3.8, 4) is 5.75 Å². The normalized spacial score (nSPS) is 13.6. The Bertz CT molecular complexity index is 694. The predicted molar refractivity (Wildman–Crippen MR) is 102 cm³/mol. The lowest BCUT2D eigenvalue weighted by atomic mass is 10.1. The molecule has 1 fully saturated rings. The van der Waals surface area contributed by atoms with Crippen LogP contribution in [0.2, 0.25) is 0 Å². The van der Waals surface area contributed by atoms with Gasteiger partial charge in [0.1, 0.15) is 5.75 Å². The Morgan fingerprint density at radius 3 is 2.60 bits per heavy atom. The van der Waals surface area contributed by atoms with E-state index in [0.717, 1.165) is 36.5 Å². The molecule has 0 aliphatic carbocycles. The number of ether oxygens (including phenoxy) is 1. The molecule has 3 rings (SSSR count). The van der Waals surface area contributed by atoms with Gasteiger partial charge in [-0.2, -0.15) is 0 Å². The monoisotopic (exact) mass is 339 g/mol. The molecular formula is C20H25N3O2. The third-order valence-corrected chi connectivity index (χ3v) is 4.43. The number of hydrogen-bond donors (Lipinski definition) is 2. The first kappa shape index (κ1) is 17.1. The molecule has 2 N–H and O–H groups in total. The summed E-state index contributed by atoms with van der Waals surface area (Å²) < 4.78 is 5.20. The number of nitrogens with one attached hydrogen (secondary N) is 2. The molecule has 0 aromatic heterocycles. The number of carbonyl (C=O) groups excluding carboxylic acids is 1. The van der Waals surface area contributed by atoms with Crippen LogP contribution in [0.25, 0.3) is 0 Å². The average molecular weight is 339 g/mol. The van der Waals surface area contributed by atoms with Crippen LogP contribution in [-0.4, -0.2) is 32.8 Å². The van der Waals surface area contributed by atoms with Gasteiger partial charge in [-0.15, -0.1) is 0 Å². The van der Waals surface area contributed by atoms with Crippen molar-refractivity contribution >= 4 is 17.4 Å². The highest BCUT2D eigenvalue weighted by Crippen LogP contribution is 2.22. The second kappa shape index (κ2) is 8.42. The molecule has 5 nitrogen and oxygen atoms in total. The minimum atomic E-state index is -0.184. The maximum atomic E-state index is 12.0. The van der Waals surface area contributed by atoms with Crippen molar-refractivity contribution in [2.75, 3.05) is 37.0 Å². The van der Waals surface area contributed by atoms with Crippen LogP contribution in [0.3, 0.4) is 0 Å². The average Bonchev–Trinajstić information content (AvgIpc) is 3.17. The molecule has 0 unspecified atom stereocenters. The summed E-state index contributed by atoms with van der Waals surface area (Å²) in [6, 6.07) is 15.7. The van der Waals surface area contributed by atoms with Crippen molar-refractivity contribution in [3.05, 3.63) is 54.1 Å². The maximum Gasteiger partial charge on any atom is 0.319 e. The molecule has 1 saturated heterocycles. The van der Waals surface area contributed by atoms with Crippen LogP contribution >= 0.6 is 0 Å². The molecule has 25 heavy (non-hydrogen) atoms. The molecular weight excluding hydrogens is 314 g/mol. The minimum absolute atomic E-state index is 0.184. The number of carbonyl (C=O) groups is 1. The van der Waals surface area contributed by atoms with Crippen LogP contribution in [0.1, 0.15) is 18.4 Å².